The van der Waals surface area contributed by atoms with Gasteiger partial charge in [-0.25, -0.2) is 13.1 Å². The van der Waals surface area contributed by atoms with Crippen LogP contribution in [0.3, 0.4) is 0 Å². The van der Waals surface area contributed by atoms with Crippen LogP contribution in [0.5, 0.6) is 0 Å². The van der Waals surface area contributed by atoms with Gasteiger partial charge in [-0.1, -0.05) is 24.3 Å². The Morgan fingerprint density at radius 1 is 1.15 bits per heavy atom. The van der Waals surface area contributed by atoms with Gasteiger partial charge < -0.3 is 10.5 Å². The topological polar surface area (TPSA) is 81.4 Å². The maximum absolute atomic E-state index is 12.0. The number of hydrogen-bond acceptors (Lipinski definition) is 4. The second kappa shape index (κ2) is 7.17. The van der Waals surface area contributed by atoms with Gasteiger partial charge in [0.25, 0.3) is 0 Å². The molecule has 20 heavy (non-hydrogen) atoms. The summed E-state index contributed by atoms with van der Waals surface area (Å²) in [5.74, 6) is 0.402. The van der Waals surface area contributed by atoms with Gasteiger partial charge in [0, 0.05) is 26.3 Å². The van der Waals surface area contributed by atoms with Crippen molar-refractivity contribution in [2.45, 2.75) is 25.1 Å². The Hall–Kier alpha value is -0.950. The van der Waals surface area contributed by atoms with Crippen molar-refractivity contribution in [1.82, 2.24) is 4.72 Å². The van der Waals surface area contributed by atoms with Crippen LogP contribution in [0.1, 0.15) is 24.0 Å². The van der Waals surface area contributed by atoms with Crippen LogP contribution in [-0.4, -0.2) is 28.2 Å². The third-order valence-electron chi connectivity index (χ3n) is 3.55. The summed E-state index contributed by atoms with van der Waals surface area (Å²) in [6, 6.07) is 7.36. The molecule has 0 unspecified atom stereocenters. The lowest BCUT2D eigenvalue weighted by Gasteiger charge is -2.22. The van der Waals surface area contributed by atoms with Gasteiger partial charge in [0.1, 0.15) is 0 Å². The lowest BCUT2D eigenvalue weighted by atomic mass is 10.0. The summed E-state index contributed by atoms with van der Waals surface area (Å²) in [4.78, 5) is 0. The Balaban J connectivity index is 1.85. The summed E-state index contributed by atoms with van der Waals surface area (Å²) in [5.41, 5.74) is 7.30. The van der Waals surface area contributed by atoms with Gasteiger partial charge in [-0.15, -0.1) is 0 Å². The van der Waals surface area contributed by atoms with E-state index in [0.29, 0.717) is 19.0 Å². The SMILES string of the molecule is NCc1ccc(CS(=O)(=O)NCC2CCOCC2)cc1. The number of benzene rings is 1. The molecule has 2 rings (SSSR count). The molecule has 0 amide bonds. The van der Waals surface area contributed by atoms with Crippen molar-refractivity contribution < 1.29 is 13.2 Å². The Morgan fingerprint density at radius 3 is 2.35 bits per heavy atom. The monoisotopic (exact) mass is 298 g/mol. The summed E-state index contributed by atoms with van der Waals surface area (Å²) >= 11 is 0. The van der Waals surface area contributed by atoms with Crippen LogP contribution in [0.15, 0.2) is 24.3 Å². The lowest BCUT2D eigenvalue weighted by Crippen LogP contribution is -2.32. The number of nitrogens with one attached hydrogen (secondary N) is 1. The third kappa shape index (κ3) is 4.86. The third-order valence-corrected chi connectivity index (χ3v) is 4.87. The molecule has 0 spiro atoms. The first kappa shape index (κ1) is 15.4. The fourth-order valence-corrected chi connectivity index (χ4v) is 3.46. The second-order valence-electron chi connectivity index (χ2n) is 5.18. The number of ether oxygens (including phenoxy) is 1. The molecular weight excluding hydrogens is 276 g/mol. The molecule has 1 aromatic rings. The zero-order valence-electron chi connectivity index (χ0n) is 11.5. The van der Waals surface area contributed by atoms with E-state index >= 15 is 0 Å². The maximum Gasteiger partial charge on any atom is 0.215 e. The molecule has 1 saturated heterocycles. The molecular formula is C14H22N2O3S. The first-order chi connectivity index (χ1) is 9.59. The fourth-order valence-electron chi connectivity index (χ4n) is 2.24. The smallest absolute Gasteiger partial charge is 0.215 e. The highest BCUT2D eigenvalue weighted by atomic mass is 32.2. The average molecular weight is 298 g/mol. The molecule has 112 valence electrons. The van der Waals surface area contributed by atoms with E-state index in [2.05, 4.69) is 4.72 Å². The molecule has 1 aliphatic heterocycles. The van der Waals surface area contributed by atoms with E-state index in [1.54, 1.807) is 0 Å². The summed E-state index contributed by atoms with van der Waals surface area (Å²) in [6.07, 6.45) is 1.85. The lowest BCUT2D eigenvalue weighted by molar-refractivity contribution is 0.0678. The molecule has 1 aromatic carbocycles. The van der Waals surface area contributed by atoms with E-state index in [0.717, 1.165) is 37.2 Å². The average Bonchev–Trinajstić information content (AvgIpc) is 2.47. The van der Waals surface area contributed by atoms with Crippen LogP contribution in [0.25, 0.3) is 0 Å². The molecule has 5 nitrogen and oxygen atoms in total. The highest BCUT2D eigenvalue weighted by Gasteiger charge is 2.17. The number of hydrogen-bond donors (Lipinski definition) is 2. The molecule has 0 aromatic heterocycles. The highest BCUT2D eigenvalue weighted by Crippen LogP contribution is 2.14. The standard InChI is InChI=1S/C14H22N2O3S/c15-9-12-1-3-14(4-2-12)11-20(17,18)16-10-13-5-7-19-8-6-13/h1-4,13,16H,5-11,15H2. The number of sulfonamides is 1. The molecule has 1 aliphatic rings. The van der Waals surface area contributed by atoms with Crippen molar-refractivity contribution in [3.63, 3.8) is 0 Å². The summed E-state index contributed by atoms with van der Waals surface area (Å²) in [7, 11) is -3.28. The van der Waals surface area contributed by atoms with E-state index in [1.165, 1.54) is 0 Å². The van der Waals surface area contributed by atoms with Crippen LogP contribution in [0.4, 0.5) is 0 Å². The zero-order chi connectivity index (χ0) is 14.4. The summed E-state index contributed by atoms with van der Waals surface area (Å²) in [6.45, 7) is 2.43. The quantitative estimate of drug-likeness (QED) is 0.820. The van der Waals surface area contributed by atoms with E-state index in [-0.39, 0.29) is 5.75 Å². The Morgan fingerprint density at radius 2 is 1.75 bits per heavy atom. The summed E-state index contributed by atoms with van der Waals surface area (Å²) in [5, 5.41) is 0. The first-order valence-electron chi connectivity index (χ1n) is 6.92. The van der Waals surface area contributed by atoms with Gasteiger partial charge in [0.05, 0.1) is 5.75 Å². The van der Waals surface area contributed by atoms with Gasteiger partial charge in [-0.3, -0.25) is 0 Å². The van der Waals surface area contributed by atoms with Gasteiger partial charge in [0.2, 0.25) is 10.0 Å². The predicted molar refractivity (Wildman–Crippen MR) is 78.5 cm³/mol. The van der Waals surface area contributed by atoms with Crippen molar-refractivity contribution in [3.05, 3.63) is 35.4 Å². The van der Waals surface area contributed by atoms with Crippen molar-refractivity contribution >= 4 is 10.0 Å². The van der Waals surface area contributed by atoms with Crippen molar-refractivity contribution in [2.75, 3.05) is 19.8 Å². The van der Waals surface area contributed by atoms with Crippen LogP contribution in [0.2, 0.25) is 0 Å². The molecule has 3 N–H and O–H groups in total. The first-order valence-corrected chi connectivity index (χ1v) is 8.57. The van der Waals surface area contributed by atoms with Crippen LogP contribution in [-0.2, 0) is 27.1 Å². The largest absolute Gasteiger partial charge is 0.381 e. The Kier molecular flexibility index (Phi) is 5.54. The number of nitrogens with two attached hydrogens (primary N) is 1. The van der Waals surface area contributed by atoms with E-state index in [1.807, 2.05) is 24.3 Å². The predicted octanol–water partition coefficient (Wildman–Crippen LogP) is 0.991. The van der Waals surface area contributed by atoms with Crippen LogP contribution < -0.4 is 10.5 Å². The highest BCUT2D eigenvalue weighted by molar-refractivity contribution is 7.88. The normalized spacial score (nSPS) is 17.2. The van der Waals surface area contributed by atoms with Crippen LogP contribution in [0, 0.1) is 5.92 Å². The van der Waals surface area contributed by atoms with Crippen molar-refractivity contribution in [3.8, 4) is 0 Å². The Labute approximate surface area is 120 Å². The molecule has 6 heteroatoms. The molecule has 0 bridgehead atoms. The van der Waals surface area contributed by atoms with Gasteiger partial charge in [-0.2, -0.15) is 0 Å². The molecule has 0 aliphatic carbocycles. The minimum atomic E-state index is -3.28. The maximum atomic E-state index is 12.0. The molecule has 1 fully saturated rings. The molecule has 0 atom stereocenters. The van der Waals surface area contributed by atoms with Crippen molar-refractivity contribution in [1.29, 1.82) is 0 Å². The minimum Gasteiger partial charge on any atom is -0.381 e. The number of rotatable bonds is 6. The molecule has 0 radical (unpaired) electrons. The van der Waals surface area contributed by atoms with E-state index in [4.69, 9.17) is 10.5 Å². The van der Waals surface area contributed by atoms with Gasteiger partial charge >= 0.3 is 0 Å². The fraction of sp³-hybridized carbons (Fsp3) is 0.571. The zero-order valence-corrected chi connectivity index (χ0v) is 12.4. The van der Waals surface area contributed by atoms with Gasteiger partial charge in [-0.05, 0) is 29.9 Å². The summed E-state index contributed by atoms with van der Waals surface area (Å²) < 4.78 is 32.0. The second-order valence-corrected chi connectivity index (χ2v) is 6.99. The van der Waals surface area contributed by atoms with Crippen LogP contribution >= 0.6 is 0 Å². The van der Waals surface area contributed by atoms with Crippen molar-refractivity contribution in [2.24, 2.45) is 11.7 Å². The van der Waals surface area contributed by atoms with E-state index < -0.39 is 10.0 Å². The minimum absolute atomic E-state index is 0.0150. The van der Waals surface area contributed by atoms with Gasteiger partial charge in [0.15, 0.2) is 0 Å². The molecule has 0 saturated carbocycles. The van der Waals surface area contributed by atoms with E-state index in [9.17, 15) is 8.42 Å². The Bertz CT molecular complexity index is 508. The molecule has 1 heterocycles.